The summed E-state index contributed by atoms with van der Waals surface area (Å²) in [5.41, 5.74) is 1.44. The lowest BCUT2D eigenvalue weighted by Gasteiger charge is -2.36. The quantitative estimate of drug-likeness (QED) is 0.716. The fourth-order valence-corrected chi connectivity index (χ4v) is 5.01. The Hall–Kier alpha value is -2.08. The van der Waals surface area contributed by atoms with Gasteiger partial charge in [-0.05, 0) is 57.6 Å². The molecule has 0 spiro atoms. The first-order valence-corrected chi connectivity index (χ1v) is 11.6. The van der Waals surface area contributed by atoms with Gasteiger partial charge < -0.3 is 10.2 Å². The number of nitrogens with one attached hydrogen (secondary N) is 1. The van der Waals surface area contributed by atoms with Crippen LogP contribution >= 0.6 is 11.8 Å². The zero-order chi connectivity index (χ0) is 20.4. The van der Waals surface area contributed by atoms with Crippen molar-refractivity contribution in [1.82, 2.24) is 15.2 Å². The minimum atomic E-state index is -0.227. The van der Waals surface area contributed by atoms with Gasteiger partial charge in [0.05, 0.1) is 21.4 Å². The van der Waals surface area contributed by atoms with Crippen molar-refractivity contribution in [2.24, 2.45) is 0 Å². The van der Waals surface area contributed by atoms with Crippen LogP contribution in [-0.4, -0.2) is 45.6 Å². The number of carbonyl (C=O) groups is 2. The summed E-state index contributed by atoms with van der Waals surface area (Å²) in [6.07, 6.45) is 6.49. The molecule has 2 heterocycles. The molecule has 2 fully saturated rings. The minimum Gasteiger partial charge on any atom is -0.349 e. The number of benzene rings is 1. The Morgan fingerprint density at radius 2 is 2.03 bits per heavy atom. The van der Waals surface area contributed by atoms with E-state index in [4.69, 9.17) is 4.98 Å². The molecule has 2 aliphatic rings. The van der Waals surface area contributed by atoms with Crippen LogP contribution in [0, 0.1) is 0 Å². The molecule has 0 bridgehead atoms. The number of pyridine rings is 1. The van der Waals surface area contributed by atoms with E-state index in [0.717, 1.165) is 54.6 Å². The molecule has 2 amide bonds. The maximum absolute atomic E-state index is 13.1. The van der Waals surface area contributed by atoms with Crippen molar-refractivity contribution in [1.29, 1.82) is 0 Å². The molecular formula is C23H29N3O2S. The summed E-state index contributed by atoms with van der Waals surface area (Å²) in [4.78, 5) is 32.7. The molecule has 0 radical (unpaired) electrons. The van der Waals surface area contributed by atoms with Gasteiger partial charge in [-0.25, -0.2) is 4.98 Å². The average Bonchev–Trinajstić information content (AvgIpc) is 3.56. The number of likely N-dealkylation sites (tertiary alicyclic amines) is 1. The van der Waals surface area contributed by atoms with E-state index in [1.807, 2.05) is 37.3 Å². The summed E-state index contributed by atoms with van der Waals surface area (Å²) in [7, 11) is 0. The van der Waals surface area contributed by atoms with Crippen molar-refractivity contribution in [2.45, 2.75) is 74.7 Å². The summed E-state index contributed by atoms with van der Waals surface area (Å²) in [5.74, 6) is 0.134. The van der Waals surface area contributed by atoms with Gasteiger partial charge in [0, 0.05) is 24.0 Å². The van der Waals surface area contributed by atoms with Crippen LogP contribution in [0.5, 0.6) is 0 Å². The number of hydrogen-bond donors (Lipinski definition) is 1. The number of nitrogens with zero attached hydrogens (tertiary/aromatic N) is 2. The zero-order valence-corrected chi connectivity index (χ0v) is 18.0. The van der Waals surface area contributed by atoms with Crippen molar-refractivity contribution < 1.29 is 9.59 Å². The van der Waals surface area contributed by atoms with E-state index in [0.29, 0.717) is 17.6 Å². The van der Waals surface area contributed by atoms with E-state index in [9.17, 15) is 9.59 Å². The number of piperidine rings is 1. The first kappa shape index (κ1) is 20.2. The highest BCUT2D eigenvalue weighted by Crippen LogP contribution is 2.30. The van der Waals surface area contributed by atoms with E-state index < -0.39 is 0 Å². The Morgan fingerprint density at radius 3 is 2.79 bits per heavy atom. The number of rotatable bonds is 6. The lowest BCUT2D eigenvalue weighted by molar-refractivity contribution is -0.134. The fourth-order valence-electron chi connectivity index (χ4n) is 4.07. The Morgan fingerprint density at radius 1 is 1.24 bits per heavy atom. The summed E-state index contributed by atoms with van der Waals surface area (Å²) >= 11 is 1.46. The number of carbonyl (C=O) groups excluding carboxylic acids is 2. The largest absolute Gasteiger partial charge is 0.349 e. The number of hydrogen-bond acceptors (Lipinski definition) is 4. The van der Waals surface area contributed by atoms with Gasteiger partial charge in [0.15, 0.2) is 0 Å². The van der Waals surface area contributed by atoms with E-state index in [1.165, 1.54) is 18.2 Å². The number of para-hydroxylation sites is 1. The van der Waals surface area contributed by atoms with Crippen LogP contribution in [0.3, 0.4) is 0 Å². The maximum Gasteiger partial charge on any atom is 0.252 e. The van der Waals surface area contributed by atoms with Gasteiger partial charge in [-0.2, -0.15) is 0 Å². The van der Waals surface area contributed by atoms with E-state index >= 15 is 0 Å². The van der Waals surface area contributed by atoms with Gasteiger partial charge in [0.25, 0.3) is 5.91 Å². The van der Waals surface area contributed by atoms with Crippen LogP contribution < -0.4 is 5.32 Å². The SMILES string of the molecule is CC[C@@H]1CCCCN1C(=O)[C@H](C)Sc1cc(C(=O)NC2CC2)c2ccccc2n1. The summed E-state index contributed by atoms with van der Waals surface area (Å²) in [6, 6.07) is 10.2. The standard InChI is InChI=1S/C23H29N3O2S/c1-3-17-8-6-7-13-26(17)23(28)15(2)29-21-14-19(22(27)24-16-11-12-16)18-9-4-5-10-20(18)25-21/h4-5,9-10,14-17H,3,6-8,11-13H2,1-2H3,(H,24,27)/t15-,17+/m0/s1. The number of aromatic nitrogens is 1. The predicted molar refractivity (Wildman–Crippen MR) is 117 cm³/mol. The Balaban J connectivity index is 1.56. The molecule has 1 aliphatic heterocycles. The molecule has 1 aromatic carbocycles. The number of amides is 2. The third-order valence-corrected chi connectivity index (χ3v) is 6.88. The fraction of sp³-hybridized carbons (Fsp3) is 0.522. The molecule has 29 heavy (non-hydrogen) atoms. The predicted octanol–water partition coefficient (Wildman–Crippen LogP) is 4.40. The van der Waals surface area contributed by atoms with Crippen molar-refractivity contribution >= 4 is 34.5 Å². The Labute approximate surface area is 176 Å². The lowest BCUT2D eigenvalue weighted by atomic mass is 10.00. The minimum absolute atomic E-state index is 0.0472. The van der Waals surface area contributed by atoms with Gasteiger partial charge in [-0.3, -0.25) is 9.59 Å². The Kier molecular flexibility index (Phi) is 6.09. The third kappa shape index (κ3) is 4.58. The van der Waals surface area contributed by atoms with Crippen LogP contribution in [0.4, 0.5) is 0 Å². The van der Waals surface area contributed by atoms with Gasteiger partial charge in [0.1, 0.15) is 0 Å². The molecule has 1 saturated heterocycles. The second-order valence-corrected chi connectivity index (χ2v) is 9.48. The van der Waals surface area contributed by atoms with Gasteiger partial charge in [-0.1, -0.05) is 36.9 Å². The first-order valence-electron chi connectivity index (χ1n) is 10.7. The third-order valence-electron chi connectivity index (χ3n) is 5.88. The summed E-state index contributed by atoms with van der Waals surface area (Å²) in [6.45, 7) is 4.96. The lowest BCUT2D eigenvalue weighted by Crippen LogP contribution is -2.46. The molecule has 5 nitrogen and oxygen atoms in total. The molecule has 154 valence electrons. The maximum atomic E-state index is 13.1. The highest BCUT2D eigenvalue weighted by Gasteiger charge is 2.30. The second-order valence-electron chi connectivity index (χ2n) is 8.12. The zero-order valence-electron chi connectivity index (χ0n) is 17.2. The summed E-state index contributed by atoms with van der Waals surface area (Å²) in [5, 5.41) is 4.44. The van der Waals surface area contributed by atoms with Gasteiger partial charge in [-0.15, -0.1) is 0 Å². The monoisotopic (exact) mass is 411 g/mol. The number of thioether (sulfide) groups is 1. The second kappa shape index (κ2) is 8.74. The van der Waals surface area contributed by atoms with Crippen molar-refractivity contribution in [3.63, 3.8) is 0 Å². The molecule has 6 heteroatoms. The molecule has 4 rings (SSSR count). The molecule has 1 aliphatic carbocycles. The van der Waals surface area contributed by atoms with E-state index in [1.54, 1.807) is 0 Å². The number of fused-ring (bicyclic) bond motifs is 1. The Bertz CT molecular complexity index is 912. The van der Waals surface area contributed by atoms with Crippen molar-refractivity contribution in [3.05, 3.63) is 35.9 Å². The molecule has 1 aromatic heterocycles. The molecule has 1 N–H and O–H groups in total. The van der Waals surface area contributed by atoms with Crippen molar-refractivity contribution in [3.8, 4) is 0 Å². The molecule has 2 atom stereocenters. The van der Waals surface area contributed by atoms with Gasteiger partial charge >= 0.3 is 0 Å². The average molecular weight is 412 g/mol. The highest BCUT2D eigenvalue weighted by atomic mass is 32.2. The van der Waals surface area contributed by atoms with Crippen LogP contribution in [0.2, 0.25) is 0 Å². The van der Waals surface area contributed by atoms with Crippen molar-refractivity contribution in [2.75, 3.05) is 6.54 Å². The van der Waals surface area contributed by atoms with Gasteiger partial charge in [0.2, 0.25) is 5.91 Å². The highest BCUT2D eigenvalue weighted by molar-refractivity contribution is 8.00. The molecule has 2 aromatic rings. The topological polar surface area (TPSA) is 62.3 Å². The van der Waals surface area contributed by atoms with Crippen LogP contribution in [-0.2, 0) is 4.79 Å². The summed E-state index contributed by atoms with van der Waals surface area (Å²) < 4.78 is 0. The molecular weight excluding hydrogens is 382 g/mol. The molecule has 1 saturated carbocycles. The normalized spacial score (nSPS) is 20.5. The smallest absolute Gasteiger partial charge is 0.252 e. The van der Waals surface area contributed by atoms with E-state index in [-0.39, 0.29) is 17.1 Å². The van der Waals surface area contributed by atoms with Crippen LogP contribution in [0.25, 0.3) is 10.9 Å². The van der Waals surface area contributed by atoms with E-state index in [2.05, 4.69) is 17.1 Å². The first-order chi connectivity index (χ1) is 14.1. The van der Waals surface area contributed by atoms with Crippen LogP contribution in [0.1, 0.15) is 62.7 Å². The molecule has 0 unspecified atom stereocenters. The van der Waals surface area contributed by atoms with Crippen LogP contribution in [0.15, 0.2) is 35.4 Å².